The summed E-state index contributed by atoms with van der Waals surface area (Å²) in [6.45, 7) is 6.27. The number of hydrogen-bond acceptors (Lipinski definition) is 5. The van der Waals surface area contributed by atoms with Crippen LogP contribution in [0, 0.1) is 6.92 Å². The maximum atomic E-state index is 13.0. The number of halogens is 6. The number of rotatable bonds is 3. The molecule has 0 atom stereocenters. The molecule has 0 unspecified atom stereocenters. The first-order valence-corrected chi connectivity index (χ1v) is 8.40. The highest BCUT2D eigenvalue weighted by Gasteiger charge is 2.71. The second-order valence-corrected chi connectivity index (χ2v) is 7.37. The van der Waals surface area contributed by atoms with Gasteiger partial charge in [0, 0.05) is 5.56 Å². The minimum Gasteiger partial charge on any atom is -0.444 e. The zero-order valence-corrected chi connectivity index (χ0v) is 16.2. The third-order valence-electron chi connectivity index (χ3n) is 3.89. The quantitative estimate of drug-likeness (QED) is 0.632. The Labute approximate surface area is 166 Å². The third kappa shape index (κ3) is 4.53. The van der Waals surface area contributed by atoms with E-state index >= 15 is 0 Å². The first-order valence-electron chi connectivity index (χ1n) is 8.40. The first kappa shape index (κ1) is 23.5. The van der Waals surface area contributed by atoms with Gasteiger partial charge in [0.15, 0.2) is 5.82 Å². The van der Waals surface area contributed by atoms with Gasteiger partial charge in [0.2, 0.25) is 0 Å². The molecule has 1 amide bonds. The largest absolute Gasteiger partial charge is 0.444 e. The molecule has 30 heavy (non-hydrogen) atoms. The number of amides is 1. The normalized spacial score (nSPS) is 13.3. The van der Waals surface area contributed by atoms with Crippen LogP contribution in [-0.4, -0.2) is 34.3 Å². The second kappa shape index (κ2) is 7.49. The SMILES string of the molecule is Cc1onc(NC(=O)OC(C)(C)C)c1-c1ccc(C(O)(C(F)(F)F)C(F)(F)F)cc1. The number of aliphatic hydroxyl groups is 1. The summed E-state index contributed by atoms with van der Waals surface area (Å²) in [5, 5.41) is 15.4. The molecular weight excluding hydrogens is 422 g/mol. The van der Waals surface area contributed by atoms with Crippen LogP contribution in [0.1, 0.15) is 32.1 Å². The Balaban J connectivity index is 2.43. The van der Waals surface area contributed by atoms with Crippen molar-refractivity contribution in [2.75, 3.05) is 5.32 Å². The lowest BCUT2D eigenvalue weighted by Gasteiger charge is -2.32. The molecule has 1 aromatic heterocycles. The maximum Gasteiger partial charge on any atom is 0.430 e. The van der Waals surface area contributed by atoms with Gasteiger partial charge in [-0.2, -0.15) is 26.3 Å². The van der Waals surface area contributed by atoms with Gasteiger partial charge in [-0.3, -0.25) is 5.32 Å². The van der Waals surface area contributed by atoms with E-state index in [0.717, 1.165) is 12.1 Å². The summed E-state index contributed by atoms with van der Waals surface area (Å²) in [5.41, 5.74) is -7.07. The topological polar surface area (TPSA) is 84.6 Å². The van der Waals surface area contributed by atoms with E-state index < -0.39 is 35.2 Å². The molecule has 6 nitrogen and oxygen atoms in total. The van der Waals surface area contributed by atoms with Crippen LogP contribution in [0.4, 0.5) is 37.0 Å². The lowest BCUT2D eigenvalue weighted by Crippen LogP contribution is -2.53. The molecule has 1 aromatic carbocycles. The van der Waals surface area contributed by atoms with Gasteiger partial charge in [0.05, 0.1) is 5.56 Å². The average Bonchev–Trinajstić information content (AvgIpc) is 2.90. The van der Waals surface area contributed by atoms with Crippen molar-refractivity contribution in [1.29, 1.82) is 0 Å². The Morgan fingerprint density at radius 1 is 1.03 bits per heavy atom. The number of anilines is 1. The molecule has 166 valence electrons. The van der Waals surface area contributed by atoms with Crippen LogP contribution in [-0.2, 0) is 10.3 Å². The van der Waals surface area contributed by atoms with E-state index in [1.807, 2.05) is 0 Å². The van der Waals surface area contributed by atoms with Gasteiger partial charge in [-0.05, 0) is 33.3 Å². The second-order valence-electron chi connectivity index (χ2n) is 7.37. The van der Waals surface area contributed by atoms with Crippen molar-refractivity contribution in [3.05, 3.63) is 35.6 Å². The summed E-state index contributed by atoms with van der Waals surface area (Å²) in [6.07, 6.45) is -12.9. The van der Waals surface area contributed by atoms with Crippen LogP contribution in [0.2, 0.25) is 0 Å². The summed E-state index contributed by atoms with van der Waals surface area (Å²) in [6, 6.07) is 2.80. The average molecular weight is 440 g/mol. The van der Waals surface area contributed by atoms with Gasteiger partial charge in [-0.25, -0.2) is 4.79 Å². The molecule has 2 rings (SSSR count). The molecule has 0 saturated heterocycles. The van der Waals surface area contributed by atoms with E-state index in [2.05, 4.69) is 10.5 Å². The van der Waals surface area contributed by atoms with E-state index in [-0.39, 0.29) is 22.7 Å². The fourth-order valence-electron chi connectivity index (χ4n) is 2.56. The van der Waals surface area contributed by atoms with E-state index in [1.165, 1.54) is 6.92 Å². The van der Waals surface area contributed by atoms with Crippen molar-refractivity contribution in [2.24, 2.45) is 0 Å². The smallest absolute Gasteiger partial charge is 0.430 e. The molecule has 0 aliphatic carbocycles. The highest BCUT2D eigenvalue weighted by molar-refractivity contribution is 5.90. The molecule has 0 spiro atoms. The molecule has 0 bridgehead atoms. The number of carbonyl (C=O) groups excluding carboxylic acids is 1. The molecule has 2 N–H and O–H groups in total. The van der Waals surface area contributed by atoms with Crippen LogP contribution in [0.5, 0.6) is 0 Å². The molecule has 0 radical (unpaired) electrons. The van der Waals surface area contributed by atoms with Gasteiger partial charge in [0.25, 0.3) is 5.60 Å². The van der Waals surface area contributed by atoms with Crippen molar-refractivity contribution in [1.82, 2.24) is 5.16 Å². The Morgan fingerprint density at radius 2 is 1.53 bits per heavy atom. The third-order valence-corrected chi connectivity index (χ3v) is 3.89. The molecule has 0 aliphatic heterocycles. The number of aryl methyl sites for hydroxylation is 1. The number of carbonyl (C=O) groups is 1. The maximum absolute atomic E-state index is 13.0. The van der Waals surface area contributed by atoms with Crippen molar-refractivity contribution >= 4 is 11.9 Å². The predicted molar refractivity (Wildman–Crippen MR) is 92.5 cm³/mol. The van der Waals surface area contributed by atoms with Crippen LogP contribution in [0.25, 0.3) is 11.1 Å². The van der Waals surface area contributed by atoms with Gasteiger partial charge >= 0.3 is 18.4 Å². The van der Waals surface area contributed by atoms with E-state index in [4.69, 9.17) is 9.26 Å². The number of alkyl halides is 6. The molecule has 2 aromatic rings. The Kier molecular flexibility index (Phi) is 5.87. The highest BCUT2D eigenvalue weighted by atomic mass is 19.4. The van der Waals surface area contributed by atoms with E-state index in [0.29, 0.717) is 12.1 Å². The van der Waals surface area contributed by atoms with Gasteiger partial charge < -0.3 is 14.4 Å². The highest BCUT2D eigenvalue weighted by Crippen LogP contribution is 2.50. The zero-order valence-electron chi connectivity index (χ0n) is 16.2. The lowest BCUT2D eigenvalue weighted by molar-refractivity contribution is -0.376. The fourth-order valence-corrected chi connectivity index (χ4v) is 2.56. The monoisotopic (exact) mass is 440 g/mol. The molecule has 0 saturated carbocycles. The Morgan fingerprint density at radius 3 is 1.97 bits per heavy atom. The van der Waals surface area contributed by atoms with Crippen LogP contribution >= 0.6 is 0 Å². The Hall–Kier alpha value is -2.76. The molecular formula is C18H18F6N2O4. The summed E-state index contributed by atoms with van der Waals surface area (Å²) < 4.78 is 88.1. The minimum absolute atomic E-state index is 0.0928. The van der Waals surface area contributed by atoms with Crippen LogP contribution in [0.3, 0.4) is 0 Å². The fraction of sp³-hybridized carbons (Fsp3) is 0.444. The lowest BCUT2D eigenvalue weighted by atomic mass is 9.90. The summed E-state index contributed by atoms with van der Waals surface area (Å²) >= 11 is 0. The van der Waals surface area contributed by atoms with Gasteiger partial charge in [0.1, 0.15) is 11.4 Å². The number of benzene rings is 1. The van der Waals surface area contributed by atoms with Crippen LogP contribution in [0.15, 0.2) is 28.8 Å². The van der Waals surface area contributed by atoms with E-state index in [1.54, 1.807) is 20.8 Å². The molecule has 0 fully saturated rings. The van der Waals surface area contributed by atoms with Crippen LogP contribution < -0.4 is 5.32 Å². The summed E-state index contributed by atoms with van der Waals surface area (Å²) in [7, 11) is 0. The first-order chi connectivity index (χ1) is 13.5. The zero-order chi connectivity index (χ0) is 23.1. The Bertz CT molecular complexity index is 897. The van der Waals surface area contributed by atoms with Gasteiger partial charge in [-0.1, -0.05) is 29.4 Å². The standard InChI is InChI=1S/C18H18F6N2O4/c1-9-12(13(26-30-9)25-14(27)29-15(2,3)4)10-5-7-11(8-6-10)16(28,17(19,20)21)18(22,23)24/h5-8,28H,1-4H3,(H,25,26,27). The minimum atomic E-state index is -6.00. The number of nitrogens with zero attached hydrogens (tertiary/aromatic N) is 1. The predicted octanol–water partition coefficient (Wildman–Crippen LogP) is 5.31. The molecule has 12 heteroatoms. The number of nitrogens with one attached hydrogen (secondary N) is 1. The van der Waals surface area contributed by atoms with Crippen molar-refractivity contribution in [3.63, 3.8) is 0 Å². The molecule has 1 heterocycles. The summed E-state index contributed by atoms with van der Waals surface area (Å²) in [4.78, 5) is 11.9. The number of ether oxygens (including phenoxy) is 1. The molecule has 0 aliphatic rings. The van der Waals surface area contributed by atoms with Crippen molar-refractivity contribution in [2.45, 2.75) is 51.2 Å². The van der Waals surface area contributed by atoms with Crippen molar-refractivity contribution in [3.8, 4) is 11.1 Å². The van der Waals surface area contributed by atoms with Crippen molar-refractivity contribution < 1.29 is 45.5 Å². The van der Waals surface area contributed by atoms with Gasteiger partial charge in [-0.15, -0.1) is 0 Å². The van der Waals surface area contributed by atoms with E-state index in [9.17, 15) is 36.2 Å². The summed E-state index contributed by atoms with van der Waals surface area (Å²) in [5.74, 6) is -0.00730. The number of aromatic nitrogens is 1. The number of hydrogen-bond donors (Lipinski definition) is 2.